The van der Waals surface area contributed by atoms with Gasteiger partial charge >= 0.3 is 0 Å². The smallest absolute Gasteiger partial charge is 0.218 e. The van der Waals surface area contributed by atoms with Gasteiger partial charge in [-0.2, -0.15) is 0 Å². The zero-order valence-electron chi connectivity index (χ0n) is 63.5. The summed E-state index contributed by atoms with van der Waals surface area (Å²) in [6.07, 6.45) is -100. The third-order valence-corrected chi connectivity index (χ3v) is 25.4. The van der Waals surface area contributed by atoms with Gasteiger partial charge in [0, 0.05) is 0 Å². The number of fused-ring (bicyclic) bond motifs is 10. The predicted molar refractivity (Wildman–Crippen MR) is 356 cm³/mol. The van der Waals surface area contributed by atoms with Gasteiger partial charge < -0.3 is 223 Å². The molecule has 0 aromatic rings. The van der Waals surface area contributed by atoms with Gasteiger partial charge in [0.25, 0.3) is 0 Å². The van der Waals surface area contributed by atoms with E-state index in [-0.39, 0.29) is 6.61 Å². The normalized spacial score (nSPS) is 51.1. The molecule has 17 N–H and O–H groups in total. The van der Waals surface area contributed by atoms with Crippen molar-refractivity contribution in [1.82, 2.24) is 0 Å². The van der Waals surface area contributed by atoms with Crippen LogP contribution in [0.1, 0.15) is 0 Å². The minimum atomic E-state index is -5.93. The van der Waals surface area contributed by atoms with Crippen LogP contribution in [-0.2, 0) is 187 Å². The molecule has 10 bridgehead atoms. The fraction of sp³-hybridized carbons (Fsp3) is 1.00. The van der Waals surface area contributed by atoms with Crippen LogP contribution in [0.5, 0.6) is 0 Å². The van der Waals surface area contributed by atoms with Gasteiger partial charge in [-0.3, -0.25) is 20.9 Å². The van der Waals surface area contributed by atoms with E-state index in [2.05, 4.69) is 12.5 Å². The van der Waals surface area contributed by atoms with Crippen LogP contribution in [0.3, 0.4) is 0 Å². The molecule has 1 unspecified atom stereocenters. The molecule has 15 aliphatic rings. The average molecular weight is 1940 g/mol. The second-order valence-electron chi connectivity index (χ2n) is 31.0. The van der Waals surface area contributed by atoms with Crippen molar-refractivity contribution in [3.05, 3.63) is 0 Å². The first-order valence-electron chi connectivity index (χ1n) is 38.2. The molecule has 15 saturated heterocycles. The van der Waals surface area contributed by atoms with Gasteiger partial charge in [-0.15, -0.1) is 0 Å². The summed E-state index contributed by atoms with van der Waals surface area (Å²) in [6.45, 7) is -8.78. The molecule has 0 aliphatic carbocycles. The Morgan fingerprint density at radius 3 is 0.627 bits per heavy atom. The third-order valence-electron chi connectivity index (χ3n) is 23.1. The lowest BCUT2D eigenvalue weighted by Crippen LogP contribution is -2.67. The van der Waals surface area contributed by atoms with Gasteiger partial charge in [0.15, 0.2) is 62.9 Å². The first-order valence-corrected chi connectivity index (χ1v) is 44.9. The van der Waals surface area contributed by atoms with Gasteiger partial charge in [-0.1, -0.05) is 0 Å². The number of aliphatic hydroxyl groups excluding tert-OH is 17. The maximum absolute atomic E-state index is 12.4. The van der Waals surface area contributed by atoms with Crippen LogP contribution in [0.25, 0.3) is 0 Å². The van der Waals surface area contributed by atoms with E-state index in [4.69, 9.17) is 122 Å². The lowest BCUT2D eigenvalue weighted by atomic mass is 9.96. The van der Waals surface area contributed by atoms with E-state index < -0.39 is 419 Å². The SMILES string of the molecule is O=S(=O)([O-])O[C@@H]1[C@H](O[C@H]2O[C@@H]3CO[C@@H]([C@H]3O)[C@H]2O)[C@@H](O)[C@H](O[C@@H]2[C@@H]3OC[C@H]2O[C@H](O[C@@H]2[C@@H](O)[C@H](O[C@@H]4[C@@H]5OC[C@H]4O[C@H](O[C@@H]4[C@@H](O)[C@H](O[C@@H]6[C@@H]7OC[C@H]6O[C@H](O[C@@H]6[C@@H](O)[C@H](O[C@@H]8[C@@H]9OC[C@H]8O[C@H](O[C@H]8[C@@H](OS(=O)(=O)[O-])[C@@H](CO)OC(O)[C@@H]8O)[C@@H]9O)O[C@H](CO)[C@@H]6OS(=O)(=O)[O-])[C@@H]7O)O[C@H](CO)[C@@H]4OS(=O)(=O)[O-])[C@@H]5O)O[C@H](CO)[C@@H]2OS(=O)(=O)[O-])[C@@H]3O)O[C@@H]1CO. The molecule has 50 atom stereocenters. The summed E-state index contributed by atoms with van der Waals surface area (Å²) in [6, 6.07) is 0. The highest BCUT2D eigenvalue weighted by Gasteiger charge is 2.66. The van der Waals surface area contributed by atoms with Crippen molar-refractivity contribution in [2.24, 2.45) is 0 Å². The highest BCUT2D eigenvalue weighted by molar-refractivity contribution is 7.81. The first-order chi connectivity index (χ1) is 59.2. The van der Waals surface area contributed by atoms with Crippen LogP contribution in [0, 0.1) is 0 Å². The zero-order valence-corrected chi connectivity index (χ0v) is 67.6. The third kappa shape index (κ3) is 20.6. The first kappa shape index (κ1) is 98.2. The monoisotopic (exact) mass is 1940 g/mol. The molecule has 126 heavy (non-hydrogen) atoms. The Hall–Kier alpha value is -2.29. The molecule has 0 amide bonds. The Balaban J connectivity index is 0.599. The summed E-state index contributed by atoms with van der Waals surface area (Å²) < 4.78 is 343. The Morgan fingerprint density at radius 2 is 0.397 bits per heavy atom. The molecule has 0 spiro atoms. The van der Waals surface area contributed by atoms with Crippen molar-refractivity contribution < 1.29 is 286 Å². The lowest BCUT2D eigenvalue weighted by Gasteiger charge is -2.49. The molecular weight excluding hydrogens is 1860 g/mol. The number of rotatable bonds is 33. The van der Waals surface area contributed by atoms with E-state index in [1.54, 1.807) is 0 Å². The van der Waals surface area contributed by atoms with E-state index in [9.17, 15) is 152 Å². The van der Waals surface area contributed by atoms with Crippen molar-refractivity contribution in [1.29, 1.82) is 0 Å². The van der Waals surface area contributed by atoms with Crippen molar-refractivity contribution in [3.8, 4) is 0 Å². The van der Waals surface area contributed by atoms with E-state index in [1.807, 2.05) is 0 Å². The van der Waals surface area contributed by atoms with Gasteiger partial charge in [-0.05, 0) is 0 Å². The molecule has 15 fully saturated rings. The van der Waals surface area contributed by atoms with Gasteiger partial charge in [0.05, 0.1) is 66.1 Å². The quantitative estimate of drug-likeness (QED) is 0.0214. The number of aliphatic hydroxyl groups is 17. The van der Waals surface area contributed by atoms with Crippen molar-refractivity contribution in [2.75, 3.05) is 66.1 Å². The van der Waals surface area contributed by atoms with Crippen molar-refractivity contribution >= 4 is 52.0 Å². The number of hydrogen-bond donors (Lipinski definition) is 17. The van der Waals surface area contributed by atoms with E-state index >= 15 is 0 Å². The van der Waals surface area contributed by atoms with Gasteiger partial charge in [0.1, 0.15) is 244 Å². The van der Waals surface area contributed by atoms with Crippen molar-refractivity contribution in [3.63, 3.8) is 0 Å². The molecule has 15 heterocycles. The molecule has 0 saturated carbocycles. The molecule has 728 valence electrons. The average Bonchev–Trinajstić information content (AvgIpc) is 1.50. The van der Waals surface area contributed by atoms with Crippen LogP contribution >= 0.6 is 0 Å². The molecule has 15 aliphatic heterocycles. The number of ether oxygens (including phenoxy) is 24. The Kier molecular flexibility index (Phi) is 30.2. The Labute approximate surface area is 708 Å². The summed E-state index contributed by atoms with van der Waals surface area (Å²) in [5, 5.41) is 190. The van der Waals surface area contributed by atoms with E-state index in [0.717, 1.165) is 0 Å². The van der Waals surface area contributed by atoms with Crippen LogP contribution in [0.2, 0.25) is 0 Å². The lowest BCUT2D eigenvalue weighted by molar-refractivity contribution is -0.383. The summed E-state index contributed by atoms with van der Waals surface area (Å²) in [7, 11) is -29.1. The largest absolute Gasteiger partial charge is 0.726 e. The molecule has 15 rings (SSSR count). The molecule has 61 nitrogen and oxygen atoms in total. The minimum absolute atomic E-state index is 0.262. The van der Waals surface area contributed by atoms with Gasteiger partial charge in [0.2, 0.25) is 52.0 Å². The Bertz CT molecular complexity index is 4270. The molecule has 0 aromatic carbocycles. The fourth-order valence-corrected chi connectivity index (χ4v) is 20.0. The highest BCUT2D eigenvalue weighted by atomic mass is 32.3. The standard InChI is InChI=1S/C60H92O61S5/c61-1-11-36(117-122(78,79)80)46(22(67)51(77)98-11)112-53-24(69)42-32(17(104-53)7-94-42)108-58-29(74)48(38(13(3-63)100-58)119-124(84,85)86)114-55-26(71)44-34(19(106-55)9-96-44)110-60-31(76)50(40(15(5-65)102-60)121-126(90,91)92)116-56-27(72)45-35(20(107-56)10-97-45)111-59-30(75)49(39(14(4-64)101-59)120-125(87,88)89)115-54-25(70)43-33(18(105-54)8-95-43)109-57-28(73)47(37(12(2-62)99-57)118-123(81,82)83)113-52-23(68)41-21(66)16(103-52)6-93-41/h11-77H,1-10H2,(H,78,79,80)(H,81,82,83)(H,84,85,86)(H,87,88,89)(H,90,91,92)/p-5/t11-,12-,13-,14-,15-,16-,17-,18-,19-,20-,21+,22-,23-,24-,25-,26-,27-,28-,29-,30-,31-,32+,33+,34+,35+,36+,37+,38+,39+,40+,41+,42-,43-,44-,45-,46-,47-,48-,49-,50-,51?,52-,53-,54-,55-,56-,57+,58+,59+,60+/m1/s1. The van der Waals surface area contributed by atoms with Crippen LogP contribution in [0.4, 0.5) is 0 Å². The Morgan fingerprint density at radius 1 is 0.214 bits per heavy atom. The van der Waals surface area contributed by atoms with E-state index in [0.29, 0.717) is 0 Å². The minimum Gasteiger partial charge on any atom is -0.726 e. The van der Waals surface area contributed by atoms with Crippen LogP contribution in [0.15, 0.2) is 0 Å². The summed E-state index contributed by atoms with van der Waals surface area (Å²) >= 11 is 0. The maximum atomic E-state index is 12.4. The van der Waals surface area contributed by atoms with Gasteiger partial charge in [-0.25, -0.2) is 42.1 Å². The zero-order chi connectivity index (χ0) is 90.9. The maximum Gasteiger partial charge on any atom is 0.218 e. The topological polar surface area (TPSA) is 898 Å². The fourth-order valence-electron chi connectivity index (χ4n) is 17.5. The van der Waals surface area contributed by atoms with Crippen molar-refractivity contribution in [2.45, 2.75) is 307 Å². The second-order valence-corrected chi connectivity index (χ2v) is 36.0. The molecule has 0 radical (unpaired) electrons. The van der Waals surface area contributed by atoms with Crippen LogP contribution < -0.4 is 0 Å². The van der Waals surface area contributed by atoms with Crippen LogP contribution in [-0.4, -0.2) is 525 Å². The second kappa shape index (κ2) is 38.7. The summed E-state index contributed by atoms with van der Waals surface area (Å²) in [5.74, 6) is 0. The molecular formula is C60H87O61S5-5. The molecule has 0 aromatic heterocycles. The number of hydrogen-bond acceptors (Lipinski definition) is 61. The summed E-state index contributed by atoms with van der Waals surface area (Å²) in [5.41, 5.74) is 0. The molecule has 66 heteroatoms. The summed E-state index contributed by atoms with van der Waals surface area (Å²) in [4.78, 5) is 0. The predicted octanol–water partition coefficient (Wildman–Crippen LogP) is -20.2. The van der Waals surface area contributed by atoms with E-state index in [1.165, 1.54) is 0 Å². The highest BCUT2D eigenvalue weighted by Crippen LogP contribution is 2.46.